The summed E-state index contributed by atoms with van der Waals surface area (Å²) in [5.74, 6) is -0.529. The van der Waals surface area contributed by atoms with Crippen molar-refractivity contribution < 1.29 is 19.1 Å². The Morgan fingerprint density at radius 1 is 0.739 bits per heavy atom. The lowest BCUT2D eigenvalue weighted by Crippen LogP contribution is -2.11. The second kappa shape index (κ2) is 19.9. The predicted octanol–water partition coefficient (Wildman–Crippen LogP) is 2.95. The van der Waals surface area contributed by atoms with E-state index in [2.05, 4.69) is 31.6 Å². The molecule has 0 aliphatic carbocycles. The third-order valence-corrected chi connectivity index (χ3v) is 2.31. The van der Waals surface area contributed by atoms with E-state index in [-0.39, 0.29) is 25.2 Å². The molecule has 0 unspecified atom stereocenters. The van der Waals surface area contributed by atoms with Crippen LogP contribution in [0.3, 0.4) is 0 Å². The van der Waals surface area contributed by atoms with Gasteiger partial charge in [-0.25, -0.2) is 0 Å². The van der Waals surface area contributed by atoms with E-state index in [1.54, 1.807) is 0 Å². The average Bonchev–Trinajstić information content (AvgIpc) is 2.56. The van der Waals surface area contributed by atoms with Gasteiger partial charge in [0.2, 0.25) is 0 Å². The molecular formula is C18H29NO4. The maximum atomic E-state index is 11.0. The van der Waals surface area contributed by atoms with Crippen LogP contribution in [0.15, 0.2) is 50.6 Å². The van der Waals surface area contributed by atoms with Gasteiger partial charge < -0.3 is 14.8 Å². The van der Waals surface area contributed by atoms with Crippen molar-refractivity contribution in [1.82, 2.24) is 5.32 Å². The molecule has 130 valence electrons. The lowest BCUT2D eigenvalue weighted by atomic mass is 10.2. The highest BCUT2D eigenvalue weighted by Crippen LogP contribution is 2.02. The number of ether oxygens (including phenoxy) is 2. The summed E-state index contributed by atoms with van der Waals surface area (Å²) in [7, 11) is 0. The Kier molecular flexibility index (Phi) is 20.0. The molecule has 0 atom stereocenters. The van der Waals surface area contributed by atoms with Gasteiger partial charge in [0.1, 0.15) is 13.2 Å². The molecule has 0 aromatic carbocycles. The number of carbonyl (C=O) groups excluding carboxylic acids is 2. The first-order valence-corrected chi connectivity index (χ1v) is 7.57. The molecule has 0 aliphatic heterocycles. The van der Waals surface area contributed by atoms with E-state index in [1.807, 2.05) is 12.2 Å². The fourth-order valence-corrected chi connectivity index (χ4v) is 1.27. The highest BCUT2D eigenvalue weighted by molar-refractivity contribution is 5.70. The fraction of sp³-hybridized carbons (Fsp3) is 0.444. The molecule has 0 aromatic rings. The van der Waals surface area contributed by atoms with E-state index in [4.69, 9.17) is 9.47 Å². The first-order valence-electron chi connectivity index (χ1n) is 7.57. The maximum Gasteiger partial charge on any atom is 0.306 e. The predicted molar refractivity (Wildman–Crippen MR) is 94.0 cm³/mol. The Morgan fingerprint density at radius 3 is 1.43 bits per heavy atom. The minimum atomic E-state index is -0.264. The van der Waals surface area contributed by atoms with E-state index >= 15 is 0 Å². The van der Waals surface area contributed by atoms with Gasteiger partial charge in [0.15, 0.2) is 0 Å². The second-order valence-electron chi connectivity index (χ2n) is 4.39. The molecule has 0 saturated carbocycles. The molecule has 23 heavy (non-hydrogen) atoms. The molecule has 5 heteroatoms. The van der Waals surface area contributed by atoms with Crippen LogP contribution in [0, 0.1) is 0 Å². The van der Waals surface area contributed by atoms with Crippen molar-refractivity contribution in [2.24, 2.45) is 0 Å². The Hall–Kier alpha value is -2.14. The van der Waals surface area contributed by atoms with Crippen LogP contribution >= 0.6 is 0 Å². The van der Waals surface area contributed by atoms with Crippen molar-refractivity contribution in [2.75, 3.05) is 26.3 Å². The van der Waals surface area contributed by atoms with E-state index in [1.165, 1.54) is 12.2 Å². The Bertz CT molecular complexity index is 330. The highest BCUT2D eigenvalue weighted by atomic mass is 16.5. The van der Waals surface area contributed by atoms with E-state index in [0.717, 1.165) is 13.1 Å². The number of nitrogens with one attached hydrogen (secondary N) is 1. The third kappa shape index (κ3) is 22.3. The summed E-state index contributed by atoms with van der Waals surface area (Å²) in [6.45, 7) is 16.1. The van der Waals surface area contributed by atoms with Gasteiger partial charge >= 0.3 is 11.9 Å². The molecule has 1 N–H and O–H groups in total. The number of esters is 2. The number of hydrogen-bond acceptors (Lipinski definition) is 5. The smallest absolute Gasteiger partial charge is 0.306 e. The van der Waals surface area contributed by atoms with Crippen molar-refractivity contribution >= 4 is 11.9 Å². The van der Waals surface area contributed by atoms with Gasteiger partial charge in [0.25, 0.3) is 0 Å². The van der Waals surface area contributed by atoms with Crippen LogP contribution in [0.2, 0.25) is 0 Å². The minimum Gasteiger partial charge on any atom is -0.461 e. The number of unbranched alkanes of at least 4 members (excludes halogenated alkanes) is 1. The van der Waals surface area contributed by atoms with Gasteiger partial charge in [-0.05, 0) is 12.8 Å². The van der Waals surface area contributed by atoms with Crippen LogP contribution < -0.4 is 5.32 Å². The Balaban J connectivity index is 0. The minimum absolute atomic E-state index is 0.236. The molecule has 0 saturated heterocycles. The van der Waals surface area contributed by atoms with Crippen LogP contribution in [0.1, 0.15) is 25.7 Å². The van der Waals surface area contributed by atoms with Gasteiger partial charge in [-0.1, -0.05) is 37.5 Å². The third-order valence-electron chi connectivity index (χ3n) is 2.31. The van der Waals surface area contributed by atoms with Crippen LogP contribution in [-0.2, 0) is 19.1 Å². The standard InChI is InChI=1S/C12H18O4.C6H11N/c1-3-9-15-11(13)7-5-6-8-12(14)16-10-4-2;1-3-5-7-6-4-2/h3-4H,1-2,5-10H2;3-4,7H,1-2,5-6H2. The zero-order chi connectivity index (χ0) is 17.8. The summed E-state index contributed by atoms with van der Waals surface area (Å²) in [6, 6.07) is 0. The lowest BCUT2D eigenvalue weighted by molar-refractivity contribution is -0.144. The van der Waals surface area contributed by atoms with Crippen molar-refractivity contribution in [3.05, 3.63) is 50.6 Å². The summed E-state index contributed by atoms with van der Waals surface area (Å²) in [5.41, 5.74) is 0. The molecule has 0 amide bonds. The normalized spacial score (nSPS) is 8.87. The summed E-state index contributed by atoms with van der Waals surface area (Å²) in [5, 5.41) is 3.05. The topological polar surface area (TPSA) is 64.6 Å². The van der Waals surface area contributed by atoms with Crippen molar-refractivity contribution in [2.45, 2.75) is 25.7 Å². The average molecular weight is 323 g/mol. The summed E-state index contributed by atoms with van der Waals surface area (Å²) in [6.07, 6.45) is 8.57. The van der Waals surface area contributed by atoms with Crippen LogP contribution in [0.5, 0.6) is 0 Å². The molecule has 0 fully saturated rings. The lowest BCUT2D eigenvalue weighted by Gasteiger charge is -2.02. The van der Waals surface area contributed by atoms with E-state index in [9.17, 15) is 9.59 Å². The monoisotopic (exact) mass is 323 g/mol. The van der Waals surface area contributed by atoms with Gasteiger partial charge in [0, 0.05) is 25.9 Å². The van der Waals surface area contributed by atoms with E-state index < -0.39 is 0 Å². The van der Waals surface area contributed by atoms with Crippen molar-refractivity contribution in [1.29, 1.82) is 0 Å². The quantitative estimate of drug-likeness (QED) is 0.321. The molecular weight excluding hydrogens is 294 g/mol. The number of hydrogen-bond donors (Lipinski definition) is 1. The highest BCUT2D eigenvalue weighted by Gasteiger charge is 2.04. The van der Waals surface area contributed by atoms with Gasteiger partial charge in [-0.3, -0.25) is 9.59 Å². The van der Waals surface area contributed by atoms with Crippen LogP contribution in [0.25, 0.3) is 0 Å². The summed E-state index contributed by atoms with van der Waals surface area (Å²) >= 11 is 0. The molecule has 0 aliphatic rings. The van der Waals surface area contributed by atoms with Crippen LogP contribution in [-0.4, -0.2) is 38.2 Å². The Labute approximate surface area is 139 Å². The number of carbonyl (C=O) groups is 2. The zero-order valence-electron chi connectivity index (χ0n) is 13.9. The number of rotatable bonds is 13. The fourth-order valence-electron chi connectivity index (χ4n) is 1.27. The summed E-state index contributed by atoms with van der Waals surface area (Å²) in [4.78, 5) is 22.0. The molecule has 5 nitrogen and oxygen atoms in total. The molecule has 0 rings (SSSR count). The molecule has 0 aromatic heterocycles. The molecule has 0 heterocycles. The van der Waals surface area contributed by atoms with Gasteiger partial charge in [-0.15, -0.1) is 13.2 Å². The second-order valence-corrected chi connectivity index (χ2v) is 4.39. The largest absolute Gasteiger partial charge is 0.461 e. The SMILES string of the molecule is C=CCNCC=C.C=CCOC(=O)CCCCC(=O)OCC=C. The van der Waals surface area contributed by atoms with Gasteiger partial charge in [0.05, 0.1) is 0 Å². The Morgan fingerprint density at radius 2 is 1.13 bits per heavy atom. The molecule has 0 spiro atoms. The van der Waals surface area contributed by atoms with E-state index in [0.29, 0.717) is 25.7 Å². The molecule has 0 radical (unpaired) electrons. The van der Waals surface area contributed by atoms with Crippen molar-refractivity contribution in [3.63, 3.8) is 0 Å². The molecule has 0 bridgehead atoms. The maximum absolute atomic E-state index is 11.0. The van der Waals surface area contributed by atoms with Crippen LogP contribution in [0.4, 0.5) is 0 Å². The van der Waals surface area contributed by atoms with Crippen molar-refractivity contribution in [3.8, 4) is 0 Å². The first-order chi connectivity index (χ1) is 11.1. The summed E-state index contributed by atoms with van der Waals surface area (Å²) < 4.78 is 9.55. The first kappa shape index (κ1) is 23.1. The van der Waals surface area contributed by atoms with Gasteiger partial charge in [-0.2, -0.15) is 0 Å². The zero-order valence-corrected chi connectivity index (χ0v) is 13.9.